The average Bonchev–Trinajstić information content (AvgIpc) is 2.53. The molecule has 2 aromatic carbocycles. The quantitative estimate of drug-likeness (QED) is 0.622. The summed E-state index contributed by atoms with van der Waals surface area (Å²) < 4.78 is 5.95. The van der Waals surface area contributed by atoms with Gasteiger partial charge in [0.25, 0.3) is 0 Å². The van der Waals surface area contributed by atoms with Crippen molar-refractivity contribution in [1.82, 2.24) is 0 Å². The SMILES string of the molecule is CC(C)(C)CCOc1ccc(C(=O)c2ccccc2)c(C(C)(C)C)c1. The molecule has 2 aromatic rings. The van der Waals surface area contributed by atoms with Crippen molar-refractivity contribution in [2.24, 2.45) is 5.41 Å². The number of hydrogen-bond donors (Lipinski definition) is 0. The molecule has 0 aromatic heterocycles. The van der Waals surface area contributed by atoms with Crippen LogP contribution in [-0.2, 0) is 5.41 Å². The molecule has 2 heteroatoms. The summed E-state index contributed by atoms with van der Waals surface area (Å²) in [5, 5.41) is 0. The fraction of sp³-hybridized carbons (Fsp3) is 0.435. The molecule has 0 spiro atoms. The van der Waals surface area contributed by atoms with Crippen LogP contribution in [0.3, 0.4) is 0 Å². The van der Waals surface area contributed by atoms with Crippen molar-refractivity contribution in [3.63, 3.8) is 0 Å². The van der Waals surface area contributed by atoms with Crippen LogP contribution in [0.5, 0.6) is 5.75 Å². The number of carbonyl (C=O) groups excluding carboxylic acids is 1. The normalized spacial score (nSPS) is 12.1. The van der Waals surface area contributed by atoms with Gasteiger partial charge < -0.3 is 4.74 Å². The van der Waals surface area contributed by atoms with E-state index in [0.29, 0.717) is 6.61 Å². The van der Waals surface area contributed by atoms with E-state index < -0.39 is 0 Å². The number of ketones is 1. The zero-order valence-corrected chi connectivity index (χ0v) is 16.3. The Bertz CT molecular complexity index is 716. The summed E-state index contributed by atoms with van der Waals surface area (Å²) in [5.74, 6) is 0.894. The second-order valence-electron chi connectivity index (χ2n) is 8.81. The van der Waals surface area contributed by atoms with E-state index in [-0.39, 0.29) is 16.6 Å². The third kappa shape index (κ3) is 5.45. The number of benzene rings is 2. The van der Waals surface area contributed by atoms with E-state index in [4.69, 9.17) is 4.74 Å². The Morgan fingerprint density at radius 2 is 1.56 bits per heavy atom. The number of rotatable bonds is 5. The summed E-state index contributed by atoms with van der Waals surface area (Å²) in [6.07, 6.45) is 0.989. The highest BCUT2D eigenvalue weighted by atomic mass is 16.5. The van der Waals surface area contributed by atoms with Gasteiger partial charge in [-0.1, -0.05) is 71.9 Å². The van der Waals surface area contributed by atoms with Crippen LogP contribution in [0.4, 0.5) is 0 Å². The first-order valence-electron chi connectivity index (χ1n) is 8.95. The molecule has 0 aliphatic heterocycles. The van der Waals surface area contributed by atoms with E-state index in [1.165, 1.54) is 0 Å². The molecule has 0 saturated heterocycles. The maximum absolute atomic E-state index is 12.9. The van der Waals surface area contributed by atoms with Crippen LogP contribution < -0.4 is 4.74 Å². The zero-order chi connectivity index (χ0) is 18.7. The summed E-state index contributed by atoms with van der Waals surface area (Å²) >= 11 is 0. The van der Waals surface area contributed by atoms with Crippen LogP contribution in [0.15, 0.2) is 48.5 Å². The molecule has 0 amide bonds. The molecule has 0 bridgehead atoms. The van der Waals surface area contributed by atoms with Crippen LogP contribution in [0.1, 0.15) is 69.4 Å². The topological polar surface area (TPSA) is 26.3 Å². The minimum atomic E-state index is -0.136. The van der Waals surface area contributed by atoms with Crippen molar-refractivity contribution in [3.05, 3.63) is 65.2 Å². The Labute approximate surface area is 152 Å². The van der Waals surface area contributed by atoms with E-state index in [1.54, 1.807) is 0 Å². The van der Waals surface area contributed by atoms with E-state index in [2.05, 4.69) is 41.5 Å². The number of carbonyl (C=O) groups is 1. The summed E-state index contributed by atoms with van der Waals surface area (Å²) in [5.41, 5.74) is 2.60. The van der Waals surface area contributed by atoms with Crippen molar-refractivity contribution in [2.45, 2.75) is 53.4 Å². The van der Waals surface area contributed by atoms with Gasteiger partial charge in [0, 0.05) is 11.1 Å². The highest BCUT2D eigenvalue weighted by molar-refractivity contribution is 6.10. The van der Waals surface area contributed by atoms with Gasteiger partial charge in [0.05, 0.1) is 6.61 Å². The van der Waals surface area contributed by atoms with E-state index in [0.717, 1.165) is 28.9 Å². The predicted molar refractivity (Wildman–Crippen MR) is 105 cm³/mol. The molecule has 0 saturated carbocycles. The Morgan fingerprint density at radius 1 is 0.920 bits per heavy atom. The Kier molecular flexibility index (Phi) is 5.72. The second-order valence-corrected chi connectivity index (χ2v) is 8.81. The smallest absolute Gasteiger partial charge is 0.193 e. The van der Waals surface area contributed by atoms with Gasteiger partial charge in [-0.15, -0.1) is 0 Å². The Morgan fingerprint density at radius 3 is 2.12 bits per heavy atom. The van der Waals surface area contributed by atoms with Gasteiger partial charge in [-0.05, 0) is 41.0 Å². The van der Waals surface area contributed by atoms with E-state index in [9.17, 15) is 4.79 Å². The lowest BCUT2D eigenvalue weighted by molar-refractivity contribution is 0.103. The first kappa shape index (κ1) is 19.2. The Hall–Kier alpha value is -2.09. The number of ether oxygens (including phenoxy) is 1. The van der Waals surface area contributed by atoms with Crippen LogP contribution in [0, 0.1) is 5.41 Å². The first-order valence-corrected chi connectivity index (χ1v) is 8.95. The van der Waals surface area contributed by atoms with Gasteiger partial charge in [-0.3, -0.25) is 4.79 Å². The molecule has 2 rings (SSSR count). The van der Waals surface area contributed by atoms with Crippen molar-refractivity contribution < 1.29 is 9.53 Å². The lowest BCUT2D eigenvalue weighted by Gasteiger charge is -2.24. The summed E-state index contributed by atoms with van der Waals surface area (Å²) in [7, 11) is 0. The first-order chi connectivity index (χ1) is 11.6. The molecule has 2 nitrogen and oxygen atoms in total. The third-order valence-corrected chi connectivity index (χ3v) is 4.20. The van der Waals surface area contributed by atoms with Crippen molar-refractivity contribution in [1.29, 1.82) is 0 Å². The highest BCUT2D eigenvalue weighted by Crippen LogP contribution is 2.31. The van der Waals surface area contributed by atoms with E-state index in [1.807, 2.05) is 48.5 Å². The summed E-state index contributed by atoms with van der Waals surface area (Å²) in [6.45, 7) is 13.7. The highest BCUT2D eigenvalue weighted by Gasteiger charge is 2.23. The minimum absolute atomic E-state index is 0.0618. The molecule has 0 aliphatic carbocycles. The minimum Gasteiger partial charge on any atom is -0.494 e. The third-order valence-electron chi connectivity index (χ3n) is 4.20. The molecule has 0 radical (unpaired) electrons. The summed E-state index contributed by atoms with van der Waals surface area (Å²) in [6, 6.07) is 15.3. The molecular weight excluding hydrogens is 308 g/mol. The summed E-state index contributed by atoms with van der Waals surface area (Å²) in [4.78, 5) is 12.9. The van der Waals surface area contributed by atoms with Crippen molar-refractivity contribution >= 4 is 5.78 Å². The fourth-order valence-electron chi connectivity index (χ4n) is 2.65. The maximum atomic E-state index is 12.9. The second kappa shape index (κ2) is 7.43. The molecule has 0 aliphatic rings. The number of hydrogen-bond acceptors (Lipinski definition) is 2. The van der Waals surface area contributed by atoms with Crippen LogP contribution in [0.2, 0.25) is 0 Å². The van der Waals surface area contributed by atoms with Gasteiger partial charge in [0.2, 0.25) is 0 Å². The van der Waals surface area contributed by atoms with Crippen molar-refractivity contribution in [2.75, 3.05) is 6.61 Å². The van der Waals surface area contributed by atoms with Crippen LogP contribution in [0.25, 0.3) is 0 Å². The van der Waals surface area contributed by atoms with Gasteiger partial charge >= 0.3 is 0 Å². The van der Waals surface area contributed by atoms with Gasteiger partial charge in [0.1, 0.15) is 5.75 Å². The molecular formula is C23H30O2. The van der Waals surface area contributed by atoms with Gasteiger partial charge in [0.15, 0.2) is 5.78 Å². The van der Waals surface area contributed by atoms with Gasteiger partial charge in [-0.25, -0.2) is 0 Å². The molecule has 0 heterocycles. The largest absolute Gasteiger partial charge is 0.494 e. The van der Waals surface area contributed by atoms with Crippen LogP contribution >= 0.6 is 0 Å². The monoisotopic (exact) mass is 338 g/mol. The molecule has 0 unspecified atom stereocenters. The molecule has 25 heavy (non-hydrogen) atoms. The Balaban J connectivity index is 2.30. The van der Waals surface area contributed by atoms with Gasteiger partial charge in [-0.2, -0.15) is 0 Å². The fourth-order valence-corrected chi connectivity index (χ4v) is 2.65. The molecule has 0 fully saturated rings. The lowest BCUT2D eigenvalue weighted by atomic mass is 9.81. The molecule has 0 atom stereocenters. The average molecular weight is 338 g/mol. The zero-order valence-electron chi connectivity index (χ0n) is 16.3. The van der Waals surface area contributed by atoms with Crippen molar-refractivity contribution in [3.8, 4) is 5.75 Å². The van der Waals surface area contributed by atoms with E-state index >= 15 is 0 Å². The lowest BCUT2D eigenvalue weighted by Crippen LogP contribution is -2.18. The standard InChI is InChI=1S/C23H30O2/c1-22(2,3)14-15-25-18-12-13-19(20(16-18)23(4,5)6)21(24)17-10-8-7-9-11-17/h7-13,16H,14-15H2,1-6H3. The molecule has 0 N–H and O–H groups in total. The predicted octanol–water partition coefficient (Wildman–Crippen LogP) is 6.03. The maximum Gasteiger partial charge on any atom is 0.193 e. The molecule has 134 valence electrons. The van der Waals surface area contributed by atoms with Crippen LogP contribution in [-0.4, -0.2) is 12.4 Å².